The number of nitrogens with two attached hydrogens (primary N) is 1. The molecule has 0 aliphatic rings. The molecular formula is C11H14F3N3O3S. The van der Waals surface area contributed by atoms with Gasteiger partial charge < -0.3 is 10.9 Å². The number of sulfonamides is 1. The predicted molar refractivity (Wildman–Crippen MR) is 69.2 cm³/mol. The average Bonchev–Trinajstić information content (AvgIpc) is 2.43. The van der Waals surface area contributed by atoms with Crippen molar-refractivity contribution in [2.75, 3.05) is 6.54 Å². The first-order valence-electron chi connectivity index (χ1n) is 5.72. The van der Waals surface area contributed by atoms with E-state index in [0.717, 1.165) is 18.2 Å². The van der Waals surface area contributed by atoms with Crippen molar-refractivity contribution in [2.45, 2.75) is 18.0 Å². The van der Waals surface area contributed by atoms with Crippen LogP contribution in [-0.4, -0.2) is 26.0 Å². The third kappa shape index (κ3) is 4.60. The van der Waals surface area contributed by atoms with E-state index in [2.05, 4.69) is 9.88 Å². The summed E-state index contributed by atoms with van der Waals surface area (Å²) in [6, 6.07) is 3.37. The number of oxime groups is 1. The SMILES string of the molecule is CC(CNS(=O)(=O)c1cccc(C(F)(F)F)c1)C(N)=NO. The van der Waals surface area contributed by atoms with Gasteiger partial charge in [0, 0.05) is 12.5 Å². The van der Waals surface area contributed by atoms with Crippen LogP contribution in [-0.2, 0) is 16.2 Å². The van der Waals surface area contributed by atoms with E-state index >= 15 is 0 Å². The molecule has 6 nitrogen and oxygen atoms in total. The second-order valence-electron chi connectivity index (χ2n) is 4.30. The molecule has 1 aromatic rings. The minimum atomic E-state index is -4.63. The molecule has 1 rings (SSSR count). The zero-order valence-corrected chi connectivity index (χ0v) is 11.7. The van der Waals surface area contributed by atoms with E-state index in [9.17, 15) is 21.6 Å². The van der Waals surface area contributed by atoms with E-state index in [1.165, 1.54) is 6.92 Å². The maximum Gasteiger partial charge on any atom is 0.416 e. The molecule has 1 atom stereocenters. The molecule has 0 saturated carbocycles. The van der Waals surface area contributed by atoms with Crippen molar-refractivity contribution in [1.82, 2.24) is 4.72 Å². The fourth-order valence-electron chi connectivity index (χ4n) is 1.36. The molecule has 0 heterocycles. The second kappa shape index (κ2) is 6.31. The van der Waals surface area contributed by atoms with Gasteiger partial charge in [-0.25, -0.2) is 13.1 Å². The molecule has 0 saturated heterocycles. The van der Waals surface area contributed by atoms with Gasteiger partial charge in [-0.3, -0.25) is 0 Å². The Labute approximate surface area is 119 Å². The van der Waals surface area contributed by atoms with Crippen LogP contribution in [0.4, 0.5) is 13.2 Å². The molecule has 0 radical (unpaired) electrons. The number of rotatable bonds is 5. The molecule has 4 N–H and O–H groups in total. The zero-order chi connectivity index (χ0) is 16.3. The van der Waals surface area contributed by atoms with Crippen molar-refractivity contribution >= 4 is 15.9 Å². The summed E-state index contributed by atoms with van der Waals surface area (Å²) in [6.45, 7) is 1.28. The standard InChI is InChI=1S/C11H14F3N3O3S/c1-7(10(15)17-18)6-16-21(19,20)9-4-2-3-8(5-9)11(12,13)14/h2-5,7,16,18H,6H2,1H3,(H2,15,17). The van der Waals surface area contributed by atoms with Gasteiger partial charge in [0.2, 0.25) is 10.0 Å². The van der Waals surface area contributed by atoms with Crippen molar-refractivity contribution in [3.05, 3.63) is 29.8 Å². The largest absolute Gasteiger partial charge is 0.416 e. The number of hydrogen-bond acceptors (Lipinski definition) is 4. The minimum absolute atomic E-state index is 0.193. The van der Waals surface area contributed by atoms with Crippen molar-refractivity contribution < 1.29 is 26.8 Å². The summed E-state index contributed by atoms with van der Waals surface area (Å²) in [7, 11) is -4.12. The van der Waals surface area contributed by atoms with E-state index in [1.54, 1.807) is 0 Å². The quantitative estimate of drug-likeness (QED) is 0.329. The summed E-state index contributed by atoms with van der Waals surface area (Å²) < 4.78 is 63.6. The summed E-state index contributed by atoms with van der Waals surface area (Å²) >= 11 is 0. The Hall–Kier alpha value is -1.81. The Morgan fingerprint density at radius 3 is 2.62 bits per heavy atom. The molecule has 0 aromatic heterocycles. The van der Waals surface area contributed by atoms with Gasteiger partial charge in [-0.05, 0) is 18.2 Å². The van der Waals surface area contributed by atoms with Crippen LogP contribution in [0, 0.1) is 5.92 Å². The second-order valence-corrected chi connectivity index (χ2v) is 6.07. The summed E-state index contributed by atoms with van der Waals surface area (Å²) in [6.07, 6.45) is -4.63. The summed E-state index contributed by atoms with van der Waals surface area (Å²) in [5.74, 6) is -0.808. The van der Waals surface area contributed by atoms with E-state index in [-0.39, 0.29) is 12.4 Å². The van der Waals surface area contributed by atoms with Crippen LogP contribution in [0.2, 0.25) is 0 Å². The highest BCUT2D eigenvalue weighted by atomic mass is 32.2. The Bertz CT molecular complexity index is 629. The molecule has 1 aromatic carbocycles. The van der Waals surface area contributed by atoms with Gasteiger partial charge in [-0.2, -0.15) is 13.2 Å². The summed E-state index contributed by atoms with van der Waals surface area (Å²) in [5, 5.41) is 11.2. The Kier molecular flexibility index (Phi) is 5.18. The number of hydrogen-bond donors (Lipinski definition) is 3. The van der Waals surface area contributed by atoms with Crippen LogP contribution in [0.3, 0.4) is 0 Å². The molecule has 0 aliphatic carbocycles. The summed E-state index contributed by atoms with van der Waals surface area (Å²) in [5.41, 5.74) is 4.22. The van der Waals surface area contributed by atoms with Crippen LogP contribution < -0.4 is 10.5 Å². The highest BCUT2D eigenvalue weighted by Gasteiger charge is 2.31. The van der Waals surface area contributed by atoms with Gasteiger partial charge in [-0.15, -0.1) is 0 Å². The highest BCUT2D eigenvalue weighted by molar-refractivity contribution is 7.89. The van der Waals surface area contributed by atoms with E-state index in [4.69, 9.17) is 10.9 Å². The fraction of sp³-hybridized carbons (Fsp3) is 0.364. The molecular weight excluding hydrogens is 311 g/mol. The Morgan fingerprint density at radius 2 is 2.10 bits per heavy atom. The maximum absolute atomic E-state index is 12.5. The number of amidine groups is 1. The molecule has 10 heteroatoms. The number of nitrogens with zero attached hydrogens (tertiary/aromatic N) is 1. The molecule has 0 fully saturated rings. The highest BCUT2D eigenvalue weighted by Crippen LogP contribution is 2.30. The molecule has 0 spiro atoms. The lowest BCUT2D eigenvalue weighted by molar-refractivity contribution is -0.137. The van der Waals surface area contributed by atoms with Crippen LogP contribution in [0.5, 0.6) is 0 Å². The number of halogens is 3. The van der Waals surface area contributed by atoms with Crippen LogP contribution >= 0.6 is 0 Å². The van der Waals surface area contributed by atoms with Gasteiger partial charge >= 0.3 is 6.18 Å². The Morgan fingerprint density at radius 1 is 1.48 bits per heavy atom. The minimum Gasteiger partial charge on any atom is -0.409 e. The van der Waals surface area contributed by atoms with Gasteiger partial charge in [0.15, 0.2) is 0 Å². The Balaban J connectivity index is 2.94. The van der Waals surface area contributed by atoms with Gasteiger partial charge in [0.1, 0.15) is 5.84 Å². The molecule has 0 bridgehead atoms. The lowest BCUT2D eigenvalue weighted by atomic mass is 10.2. The van der Waals surface area contributed by atoms with Crippen LogP contribution in [0.15, 0.2) is 34.3 Å². The monoisotopic (exact) mass is 325 g/mol. The van der Waals surface area contributed by atoms with E-state index < -0.39 is 32.6 Å². The van der Waals surface area contributed by atoms with Crippen molar-refractivity contribution in [2.24, 2.45) is 16.8 Å². The summed E-state index contributed by atoms with van der Waals surface area (Å²) in [4.78, 5) is -0.510. The molecule has 0 amide bonds. The molecule has 21 heavy (non-hydrogen) atoms. The van der Waals surface area contributed by atoms with Gasteiger partial charge in [0.05, 0.1) is 10.5 Å². The molecule has 0 aliphatic heterocycles. The van der Waals surface area contributed by atoms with E-state index in [1.807, 2.05) is 0 Å². The fourth-order valence-corrected chi connectivity index (χ4v) is 2.54. The molecule has 1 unspecified atom stereocenters. The van der Waals surface area contributed by atoms with Crippen molar-refractivity contribution in [3.8, 4) is 0 Å². The lowest BCUT2D eigenvalue weighted by Gasteiger charge is -2.13. The van der Waals surface area contributed by atoms with E-state index in [0.29, 0.717) is 6.07 Å². The van der Waals surface area contributed by atoms with Crippen LogP contribution in [0.25, 0.3) is 0 Å². The van der Waals surface area contributed by atoms with Gasteiger partial charge in [0.25, 0.3) is 0 Å². The van der Waals surface area contributed by atoms with Gasteiger partial charge in [-0.1, -0.05) is 18.1 Å². The topological polar surface area (TPSA) is 105 Å². The molecule has 118 valence electrons. The normalized spacial score (nSPS) is 15.0. The third-order valence-corrected chi connectivity index (χ3v) is 4.09. The lowest BCUT2D eigenvalue weighted by Crippen LogP contribution is -2.34. The zero-order valence-electron chi connectivity index (χ0n) is 10.9. The van der Waals surface area contributed by atoms with Crippen LogP contribution in [0.1, 0.15) is 12.5 Å². The first-order chi connectivity index (χ1) is 9.58. The number of alkyl halides is 3. The number of nitrogens with one attached hydrogen (secondary N) is 1. The van der Waals surface area contributed by atoms with Crippen molar-refractivity contribution in [1.29, 1.82) is 0 Å². The average molecular weight is 325 g/mol. The maximum atomic E-state index is 12.5. The number of benzene rings is 1. The first kappa shape index (κ1) is 17.2. The smallest absolute Gasteiger partial charge is 0.409 e. The van der Waals surface area contributed by atoms with Crippen molar-refractivity contribution in [3.63, 3.8) is 0 Å². The third-order valence-electron chi connectivity index (χ3n) is 2.67. The first-order valence-corrected chi connectivity index (χ1v) is 7.20. The predicted octanol–water partition coefficient (Wildman–Crippen LogP) is 1.37.